The molecule has 0 saturated heterocycles. The van der Waals surface area contributed by atoms with E-state index in [1.807, 2.05) is 6.07 Å². The van der Waals surface area contributed by atoms with E-state index in [2.05, 4.69) is 0 Å². The highest BCUT2D eigenvalue weighted by Crippen LogP contribution is 2.13. The molecule has 0 aliphatic heterocycles. The third-order valence-corrected chi connectivity index (χ3v) is 1.70. The fraction of sp³-hybridized carbons (Fsp3) is 0.167. The van der Waals surface area contributed by atoms with Crippen molar-refractivity contribution in [2.45, 2.75) is 6.42 Å². The molecule has 0 amide bonds. The van der Waals surface area contributed by atoms with E-state index in [0.29, 0.717) is 5.56 Å². The summed E-state index contributed by atoms with van der Waals surface area (Å²) in [5.74, 6) is 0. The van der Waals surface area contributed by atoms with Crippen molar-refractivity contribution < 1.29 is 4.39 Å². The second-order valence-corrected chi connectivity index (χ2v) is 2.42. The Labute approximate surface area is 56.4 Å². The summed E-state index contributed by atoms with van der Waals surface area (Å²) in [5, 5.41) is 9.55. The minimum absolute atomic E-state index is 0.176. The van der Waals surface area contributed by atoms with Crippen LogP contribution in [0.5, 0.6) is 0 Å². The van der Waals surface area contributed by atoms with Gasteiger partial charge in [-0.3, -0.25) is 0 Å². The summed E-state index contributed by atoms with van der Waals surface area (Å²) < 4.78 is 12.4. The van der Waals surface area contributed by atoms with Crippen molar-refractivity contribution in [1.82, 2.24) is 0 Å². The van der Waals surface area contributed by atoms with Crippen molar-refractivity contribution >= 4 is 11.3 Å². The van der Waals surface area contributed by atoms with Crippen LogP contribution in [0.25, 0.3) is 0 Å². The molecule has 1 aromatic heterocycles. The van der Waals surface area contributed by atoms with Crippen molar-refractivity contribution in [2.24, 2.45) is 0 Å². The maximum atomic E-state index is 12.4. The molecule has 0 aliphatic rings. The van der Waals surface area contributed by atoms with Gasteiger partial charge in [-0.1, -0.05) is 0 Å². The fourth-order valence-electron chi connectivity index (χ4n) is 0.531. The third-order valence-electron chi connectivity index (χ3n) is 0.963. The van der Waals surface area contributed by atoms with Gasteiger partial charge in [-0.2, -0.15) is 9.65 Å². The van der Waals surface area contributed by atoms with Gasteiger partial charge in [-0.05, 0) is 11.4 Å². The number of thiophene rings is 1. The number of halogens is 1. The van der Waals surface area contributed by atoms with E-state index in [1.165, 1.54) is 0 Å². The van der Waals surface area contributed by atoms with E-state index in [-0.39, 0.29) is 11.6 Å². The number of hydrogen-bond donors (Lipinski definition) is 0. The molecule has 0 unspecified atom stereocenters. The molecule has 0 spiro atoms. The zero-order chi connectivity index (χ0) is 6.69. The fourth-order valence-corrected chi connectivity index (χ4v) is 1.17. The van der Waals surface area contributed by atoms with Crippen LogP contribution in [-0.4, -0.2) is 0 Å². The molecule has 3 heteroatoms. The number of nitrogens with zero attached hydrogens (tertiary/aromatic N) is 1. The van der Waals surface area contributed by atoms with E-state index in [9.17, 15) is 4.39 Å². The number of nitriles is 1. The second-order valence-electron chi connectivity index (χ2n) is 1.55. The highest BCUT2D eigenvalue weighted by molar-refractivity contribution is 7.08. The Kier molecular flexibility index (Phi) is 1.81. The molecule has 9 heavy (non-hydrogen) atoms. The van der Waals surface area contributed by atoms with Crippen LogP contribution in [0, 0.1) is 16.5 Å². The Morgan fingerprint density at radius 2 is 2.56 bits per heavy atom. The van der Waals surface area contributed by atoms with Crippen LogP contribution in [0.2, 0.25) is 0 Å². The Balaban J connectivity index is 2.84. The monoisotopic (exact) mass is 141 g/mol. The molecule has 0 aliphatic carbocycles. The van der Waals surface area contributed by atoms with Gasteiger partial charge in [0.25, 0.3) is 0 Å². The van der Waals surface area contributed by atoms with Crippen LogP contribution < -0.4 is 0 Å². The Morgan fingerprint density at radius 1 is 1.78 bits per heavy atom. The SMILES string of the molecule is N#CCc1ccsc1F. The molecule has 1 rings (SSSR count). The minimum atomic E-state index is -0.239. The van der Waals surface area contributed by atoms with E-state index in [0.717, 1.165) is 11.3 Å². The Bertz CT molecular complexity index is 235. The van der Waals surface area contributed by atoms with Crippen LogP contribution >= 0.6 is 11.3 Å². The first-order chi connectivity index (χ1) is 4.34. The summed E-state index contributed by atoms with van der Waals surface area (Å²) in [6.45, 7) is 0. The lowest BCUT2D eigenvalue weighted by molar-refractivity contribution is 0.645. The van der Waals surface area contributed by atoms with Crippen LogP contribution in [0.15, 0.2) is 11.4 Å². The van der Waals surface area contributed by atoms with Gasteiger partial charge in [0.15, 0.2) is 5.13 Å². The Hall–Kier alpha value is -0.880. The molecule has 1 nitrogen and oxygen atoms in total. The molecule has 0 N–H and O–H groups in total. The quantitative estimate of drug-likeness (QED) is 0.586. The van der Waals surface area contributed by atoms with Crippen molar-refractivity contribution in [1.29, 1.82) is 5.26 Å². The largest absolute Gasteiger partial charge is 0.198 e. The standard InChI is InChI=1S/C6H4FNS/c7-6-5(1-3-8)2-4-9-6/h2,4H,1H2. The summed E-state index contributed by atoms with van der Waals surface area (Å²) in [7, 11) is 0. The van der Waals surface area contributed by atoms with Crippen LogP contribution in [0.3, 0.4) is 0 Å². The molecule has 0 fully saturated rings. The van der Waals surface area contributed by atoms with Gasteiger partial charge in [-0.25, -0.2) is 0 Å². The lowest BCUT2D eigenvalue weighted by atomic mass is 10.3. The van der Waals surface area contributed by atoms with E-state index in [4.69, 9.17) is 5.26 Å². The number of rotatable bonds is 1. The molecule has 46 valence electrons. The van der Waals surface area contributed by atoms with Gasteiger partial charge in [0.1, 0.15) is 0 Å². The second kappa shape index (κ2) is 2.60. The first kappa shape index (κ1) is 6.24. The molecule has 0 bridgehead atoms. The minimum Gasteiger partial charge on any atom is -0.198 e. The first-order valence-corrected chi connectivity index (χ1v) is 3.31. The summed E-state index contributed by atoms with van der Waals surface area (Å²) >= 11 is 1.03. The van der Waals surface area contributed by atoms with E-state index in [1.54, 1.807) is 11.4 Å². The normalized spacial score (nSPS) is 8.89. The van der Waals surface area contributed by atoms with Gasteiger partial charge in [0, 0.05) is 5.56 Å². The van der Waals surface area contributed by atoms with Gasteiger partial charge in [-0.15, -0.1) is 11.3 Å². The summed E-state index contributed by atoms with van der Waals surface area (Å²) in [6.07, 6.45) is 0.176. The molecule has 0 atom stereocenters. The van der Waals surface area contributed by atoms with Crippen molar-refractivity contribution in [2.75, 3.05) is 0 Å². The van der Waals surface area contributed by atoms with Gasteiger partial charge in [0.05, 0.1) is 12.5 Å². The predicted molar refractivity (Wildman–Crippen MR) is 33.6 cm³/mol. The summed E-state index contributed by atoms with van der Waals surface area (Å²) in [5.41, 5.74) is 0.502. The average Bonchev–Trinajstić information content (AvgIpc) is 2.18. The van der Waals surface area contributed by atoms with Crippen LogP contribution in [0.4, 0.5) is 4.39 Å². The van der Waals surface area contributed by atoms with Crippen molar-refractivity contribution in [3.63, 3.8) is 0 Å². The lowest BCUT2D eigenvalue weighted by Gasteiger charge is -1.82. The lowest BCUT2D eigenvalue weighted by Crippen LogP contribution is -1.77. The number of hydrogen-bond acceptors (Lipinski definition) is 2. The smallest absolute Gasteiger partial charge is 0.180 e. The molecule has 1 heterocycles. The molecular formula is C6H4FNS. The van der Waals surface area contributed by atoms with E-state index < -0.39 is 0 Å². The molecule has 0 radical (unpaired) electrons. The Morgan fingerprint density at radius 3 is 3.00 bits per heavy atom. The first-order valence-electron chi connectivity index (χ1n) is 2.43. The van der Waals surface area contributed by atoms with Crippen LogP contribution in [0.1, 0.15) is 5.56 Å². The molecule has 0 aromatic carbocycles. The molecule has 0 saturated carbocycles. The van der Waals surface area contributed by atoms with Gasteiger partial charge < -0.3 is 0 Å². The van der Waals surface area contributed by atoms with E-state index >= 15 is 0 Å². The van der Waals surface area contributed by atoms with Crippen molar-refractivity contribution in [3.8, 4) is 6.07 Å². The zero-order valence-corrected chi connectivity index (χ0v) is 5.41. The third kappa shape index (κ3) is 1.27. The maximum Gasteiger partial charge on any atom is 0.180 e. The molecule has 1 aromatic rings. The van der Waals surface area contributed by atoms with Crippen molar-refractivity contribution in [3.05, 3.63) is 22.1 Å². The summed E-state index contributed by atoms with van der Waals surface area (Å²) in [4.78, 5) is 0. The molecular weight excluding hydrogens is 137 g/mol. The zero-order valence-electron chi connectivity index (χ0n) is 4.60. The predicted octanol–water partition coefficient (Wildman–Crippen LogP) is 1.95. The highest BCUT2D eigenvalue weighted by atomic mass is 32.1. The highest BCUT2D eigenvalue weighted by Gasteiger charge is 1.99. The topological polar surface area (TPSA) is 23.8 Å². The van der Waals surface area contributed by atoms with Crippen LogP contribution in [-0.2, 0) is 6.42 Å². The van der Waals surface area contributed by atoms with Gasteiger partial charge in [0.2, 0.25) is 0 Å². The summed E-state index contributed by atoms with van der Waals surface area (Å²) in [6, 6.07) is 3.51. The maximum absolute atomic E-state index is 12.4. The average molecular weight is 141 g/mol. The van der Waals surface area contributed by atoms with Gasteiger partial charge >= 0.3 is 0 Å².